The molecule has 0 aliphatic carbocycles. The Hall–Kier alpha value is -0.120. The zero-order valence-corrected chi connectivity index (χ0v) is 10.3. The second-order valence-electron chi connectivity index (χ2n) is 4.78. The molecule has 0 aromatic heterocycles. The molecule has 86 valence electrons. The quantitative estimate of drug-likeness (QED) is 0.491. The molecule has 3 heteroatoms. The Morgan fingerprint density at radius 2 is 2.00 bits per heavy atom. The molecule has 0 aliphatic heterocycles. The summed E-state index contributed by atoms with van der Waals surface area (Å²) in [5.74, 6) is 6.24. The molecular formula is C11H26N2O. The van der Waals surface area contributed by atoms with Gasteiger partial charge in [0.1, 0.15) is 0 Å². The van der Waals surface area contributed by atoms with E-state index in [0.717, 1.165) is 12.8 Å². The van der Waals surface area contributed by atoms with Crippen molar-refractivity contribution in [3.63, 3.8) is 0 Å². The lowest BCUT2D eigenvalue weighted by atomic mass is 9.91. The molecular weight excluding hydrogens is 176 g/mol. The number of nitrogens with one attached hydrogen (secondary N) is 1. The van der Waals surface area contributed by atoms with Gasteiger partial charge in [-0.15, -0.1) is 0 Å². The van der Waals surface area contributed by atoms with Gasteiger partial charge < -0.3 is 4.74 Å². The third-order valence-corrected chi connectivity index (χ3v) is 2.91. The van der Waals surface area contributed by atoms with E-state index in [1.54, 1.807) is 7.11 Å². The molecule has 0 aromatic rings. The van der Waals surface area contributed by atoms with Crippen molar-refractivity contribution in [2.45, 2.75) is 58.6 Å². The number of nitrogens with two attached hydrogens (primary N) is 1. The maximum atomic E-state index is 5.53. The summed E-state index contributed by atoms with van der Waals surface area (Å²) in [5.41, 5.74) is 2.78. The van der Waals surface area contributed by atoms with Crippen LogP contribution in [0.3, 0.4) is 0 Å². The van der Waals surface area contributed by atoms with Crippen LogP contribution in [0.1, 0.15) is 47.0 Å². The van der Waals surface area contributed by atoms with Gasteiger partial charge in [-0.2, -0.15) is 0 Å². The minimum absolute atomic E-state index is 0.0928. The molecule has 3 N–H and O–H groups in total. The summed E-state index contributed by atoms with van der Waals surface area (Å²) in [6.07, 6.45) is 3.26. The van der Waals surface area contributed by atoms with Crippen LogP contribution >= 0.6 is 0 Å². The van der Waals surface area contributed by atoms with Crippen molar-refractivity contribution in [3.05, 3.63) is 0 Å². The van der Waals surface area contributed by atoms with Crippen molar-refractivity contribution >= 4 is 0 Å². The average Bonchev–Trinajstić information content (AvgIpc) is 2.16. The van der Waals surface area contributed by atoms with E-state index < -0.39 is 0 Å². The summed E-state index contributed by atoms with van der Waals surface area (Å²) in [4.78, 5) is 0. The zero-order chi connectivity index (χ0) is 11.2. The number of hydrazine groups is 1. The largest absolute Gasteiger partial charge is 0.379 e. The van der Waals surface area contributed by atoms with Gasteiger partial charge in [0.25, 0.3) is 0 Å². The zero-order valence-electron chi connectivity index (χ0n) is 10.3. The third kappa shape index (κ3) is 5.58. The Labute approximate surface area is 88.4 Å². The van der Waals surface area contributed by atoms with E-state index in [4.69, 9.17) is 10.6 Å². The Morgan fingerprint density at radius 1 is 1.43 bits per heavy atom. The maximum Gasteiger partial charge on any atom is 0.0638 e. The third-order valence-electron chi connectivity index (χ3n) is 2.91. The van der Waals surface area contributed by atoms with Crippen molar-refractivity contribution in [2.24, 2.45) is 11.8 Å². The molecule has 0 fully saturated rings. The summed E-state index contributed by atoms with van der Waals surface area (Å²) < 4.78 is 5.39. The number of methoxy groups -OCH3 is 1. The van der Waals surface area contributed by atoms with Gasteiger partial charge in [0.05, 0.1) is 5.60 Å². The minimum atomic E-state index is -0.0928. The highest BCUT2D eigenvalue weighted by Crippen LogP contribution is 2.20. The van der Waals surface area contributed by atoms with E-state index in [0.29, 0.717) is 12.0 Å². The first-order chi connectivity index (χ1) is 6.45. The van der Waals surface area contributed by atoms with Crippen molar-refractivity contribution in [2.75, 3.05) is 7.11 Å². The maximum absolute atomic E-state index is 5.53. The fourth-order valence-electron chi connectivity index (χ4n) is 1.54. The molecule has 0 amide bonds. The van der Waals surface area contributed by atoms with E-state index >= 15 is 0 Å². The number of rotatable bonds is 7. The molecule has 0 aliphatic rings. The van der Waals surface area contributed by atoms with Gasteiger partial charge in [-0.1, -0.05) is 20.3 Å². The molecule has 0 saturated heterocycles. The van der Waals surface area contributed by atoms with Gasteiger partial charge in [-0.25, -0.2) is 0 Å². The normalized spacial score (nSPS) is 16.7. The minimum Gasteiger partial charge on any atom is -0.379 e. The second kappa shape index (κ2) is 6.38. The Bertz CT molecular complexity index is 148. The SMILES string of the molecule is CCC(C)CC(CC(C)(C)OC)NN. The average molecular weight is 202 g/mol. The van der Waals surface area contributed by atoms with Crippen molar-refractivity contribution in [1.82, 2.24) is 5.43 Å². The highest BCUT2D eigenvalue weighted by Gasteiger charge is 2.22. The van der Waals surface area contributed by atoms with Crippen molar-refractivity contribution in [1.29, 1.82) is 0 Å². The van der Waals surface area contributed by atoms with Gasteiger partial charge in [0, 0.05) is 13.2 Å². The predicted molar refractivity (Wildman–Crippen MR) is 60.9 cm³/mol. The van der Waals surface area contributed by atoms with Crippen molar-refractivity contribution in [3.8, 4) is 0 Å². The molecule has 0 bridgehead atoms. The van der Waals surface area contributed by atoms with Crippen LogP contribution in [0.2, 0.25) is 0 Å². The van der Waals surface area contributed by atoms with Crippen LogP contribution in [0.4, 0.5) is 0 Å². The molecule has 14 heavy (non-hydrogen) atoms. The Kier molecular flexibility index (Phi) is 6.33. The summed E-state index contributed by atoms with van der Waals surface area (Å²) in [6, 6.07) is 0.347. The van der Waals surface area contributed by atoms with Gasteiger partial charge in [0.15, 0.2) is 0 Å². The second-order valence-corrected chi connectivity index (χ2v) is 4.78. The van der Waals surface area contributed by atoms with E-state index in [1.807, 2.05) is 0 Å². The van der Waals surface area contributed by atoms with Crippen LogP contribution in [0, 0.1) is 5.92 Å². The molecule has 0 heterocycles. The molecule has 0 aromatic carbocycles. The van der Waals surface area contributed by atoms with E-state index in [-0.39, 0.29) is 5.60 Å². The van der Waals surface area contributed by atoms with Crippen LogP contribution in [0.5, 0.6) is 0 Å². The Balaban J connectivity index is 4.02. The summed E-state index contributed by atoms with van der Waals surface area (Å²) in [7, 11) is 1.75. The van der Waals surface area contributed by atoms with Crippen LogP contribution in [0.25, 0.3) is 0 Å². The standard InChI is InChI=1S/C11H26N2O/c1-6-9(2)7-10(13-12)8-11(3,4)14-5/h9-10,13H,6-8,12H2,1-5H3. The number of hydrogen-bond acceptors (Lipinski definition) is 3. The number of hydrogen-bond donors (Lipinski definition) is 2. The molecule has 0 rings (SSSR count). The highest BCUT2D eigenvalue weighted by atomic mass is 16.5. The molecule has 0 saturated carbocycles. The first-order valence-electron chi connectivity index (χ1n) is 5.46. The highest BCUT2D eigenvalue weighted by molar-refractivity contribution is 4.78. The molecule has 0 radical (unpaired) electrons. The van der Waals surface area contributed by atoms with Gasteiger partial charge in [0.2, 0.25) is 0 Å². The monoisotopic (exact) mass is 202 g/mol. The fraction of sp³-hybridized carbons (Fsp3) is 1.00. The smallest absolute Gasteiger partial charge is 0.0638 e. The first-order valence-corrected chi connectivity index (χ1v) is 5.46. The summed E-state index contributed by atoms with van der Waals surface area (Å²) in [5, 5.41) is 0. The topological polar surface area (TPSA) is 47.3 Å². The van der Waals surface area contributed by atoms with E-state index in [9.17, 15) is 0 Å². The van der Waals surface area contributed by atoms with Crippen LogP contribution < -0.4 is 11.3 Å². The summed E-state index contributed by atoms with van der Waals surface area (Å²) >= 11 is 0. The van der Waals surface area contributed by atoms with Gasteiger partial charge in [-0.3, -0.25) is 11.3 Å². The predicted octanol–water partition coefficient (Wildman–Crippen LogP) is 2.07. The fourth-order valence-corrected chi connectivity index (χ4v) is 1.54. The Morgan fingerprint density at radius 3 is 2.36 bits per heavy atom. The van der Waals surface area contributed by atoms with Crippen LogP contribution in [-0.4, -0.2) is 18.8 Å². The van der Waals surface area contributed by atoms with Crippen LogP contribution in [0.15, 0.2) is 0 Å². The molecule has 0 spiro atoms. The lowest BCUT2D eigenvalue weighted by molar-refractivity contribution is 0.00515. The van der Waals surface area contributed by atoms with Crippen molar-refractivity contribution < 1.29 is 4.74 Å². The van der Waals surface area contributed by atoms with E-state index in [2.05, 4.69) is 33.1 Å². The lowest BCUT2D eigenvalue weighted by Crippen LogP contribution is -2.42. The van der Waals surface area contributed by atoms with Crippen LogP contribution in [-0.2, 0) is 4.74 Å². The first kappa shape index (κ1) is 13.9. The van der Waals surface area contributed by atoms with Gasteiger partial charge in [-0.05, 0) is 32.6 Å². The lowest BCUT2D eigenvalue weighted by Gasteiger charge is -2.29. The molecule has 2 unspecified atom stereocenters. The molecule has 3 nitrogen and oxygen atoms in total. The summed E-state index contributed by atoms with van der Waals surface area (Å²) in [6.45, 7) is 8.64. The van der Waals surface area contributed by atoms with Gasteiger partial charge >= 0.3 is 0 Å². The van der Waals surface area contributed by atoms with E-state index in [1.165, 1.54) is 6.42 Å². The number of ether oxygens (including phenoxy) is 1. The molecule has 2 atom stereocenters.